The second-order valence-electron chi connectivity index (χ2n) is 8.65. The summed E-state index contributed by atoms with van der Waals surface area (Å²) in [5.74, 6) is -0.422. The van der Waals surface area contributed by atoms with Gasteiger partial charge in [-0.2, -0.15) is 0 Å². The van der Waals surface area contributed by atoms with Crippen molar-refractivity contribution >= 4 is 40.5 Å². The second kappa shape index (κ2) is 6.20. The van der Waals surface area contributed by atoms with E-state index in [4.69, 9.17) is 0 Å². The summed E-state index contributed by atoms with van der Waals surface area (Å²) in [6.07, 6.45) is 2.95. The van der Waals surface area contributed by atoms with Gasteiger partial charge in [-0.3, -0.25) is 19.4 Å². The number of nitrogens with zero attached hydrogens (tertiary/aromatic N) is 2. The molecular formula is C24H23FN2O2S. The predicted molar refractivity (Wildman–Crippen MR) is 119 cm³/mol. The second-order valence-corrected chi connectivity index (χ2v) is 9.82. The number of anilines is 2. The van der Waals surface area contributed by atoms with Gasteiger partial charge in [0.15, 0.2) is 0 Å². The van der Waals surface area contributed by atoms with Gasteiger partial charge in [0.25, 0.3) is 5.91 Å². The highest BCUT2D eigenvalue weighted by molar-refractivity contribution is 8.02. The summed E-state index contributed by atoms with van der Waals surface area (Å²) in [4.78, 5) is 29.5. The van der Waals surface area contributed by atoms with Crippen molar-refractivity contribution in [1.82, 2.24) is 0 Å². The zero-order chi connectivity index (χ0) is 21.4. The van der Waals surface area contributed by atoms with Gasteiger partial charge in [0.1, 0.15) is 5.82 Å². The van der Waals surface area contributed by atoms with Crippen LogP contribution in [0.4, 0.5) is 15.8 Å². The van der Waals surface area contributed by atoms with Crippen molar-refractivity contribution in [1.29, 1.82) is 0 Å². The lowest BCUT2D eigenvalue weighted by Crippen LogP contribution is -2.54. The Balaban J connectivity index is 1.83. The number of hydrogen-bond donors (Lipinski definition) is 0. The van der Waals surface area contributed by atoms with Crippen LogP contribution in [0.3, 0.4) is 0 Å². The van der Waals surface area contributed by atoms with Crippen LogP contribution in [0, 0.1) is 5.82 Å². The molecule has 0 radical (unpaired) electrons. The third kappa shape index (κ3) is 2.34. The summed E-state index contributed by atoms with van der Waals surface area (Å²) in [5.41, 5.74) is 5.10. The SMILES string of the molecule is CCc1cc2c3c(c1)C1(SCC(=O)N1c1ccc(F)cc1)C(=O)N3C(C)(C)C=C2C. The monoisotopic (exact) mass is 422 g/mol. The molecule has 0 saturated carbocycles. The van der Waals surface area contributed by atoms with Gasteiger partial charge in [0, 0.05) is 16.8 Å². The van der Waals surface area contributed by atoms with Crippen LogP contribution in [0.25, 0.3) is 5.57 Å². The highest BCUT2D eigenvalue weighted by atomic mass is 32.2. The first kappa shape index (κ1) is 19.4. The van der Waals surface area contributed by atoms with E-state index in [1.807, 2.05) is 18.7 Å². The number of rotatable bonds is 2. The van der Waals surface area contributed by atoms with Gasteiger partial charge in [0.05, 0.1) is 17.0 Å². The summed E-state index contributed by atoms with van der Waals surface area (Å²) in [7, 11) is 0. The van der Waals surface area contributed by atoms with Crippen LogP contribution < -0.4 is 9.80 Å². The smallest absolute Gasteiger partial charge is 0.269 e. The Morgan fingerprint density at radius 1 is 1.10 bits per heavy atom. The molecule has 2 aromatic carbocycles. The van der Waals surface area contributed by atoms with E-state index in [1.54, 1.807) is 17.0 Å². The van der Waals surface area contributed by atoms with E-state index >= 15 is 0 Å². The predicted octanol–water partition coefficient (Wildman–Crippen LogP) is 4.86. The lowest BCUT2D eigenvalue weighted by Gasteiger charge is -2.40. The fraction of sp³-hybridized carbons (Fsp3) is 0.333. The minimum Gasteiger partial charge on any atom is -0.299 e. The zero-order valence-electron chi connectivity index (χ0n) is 17.5. The van der Waals surface area contributed by atoms with E-state index < -0.39 is 10.4 Å². The van der Waals surface area contributed by atoms with Gasteiger partial charge in [-0.05, 0) is 74.7 Å². The molecule has 4 nitrogen and oxygen atoms in total. The number of thioether (sulfide) groups is 1. The minimum atomic E-state index is -1.17. The highest BCUT2D eigenvalue weighted by Gasteiger charge is 2.64. The number of carbonyl (C=O) groups is 2. The standard InChI is InChI=1S/C24H23FN2O2S/c1-5-15-10-18-14(2)12-23(3,4)27-21(18)19(11-15)24(22(27)29)26(20(28)13-30-24)17-8-6-16(25)7-9-17/h6-12H,5,13H2,1-4H3. The molecule has 5 rings (SSSR count). The molecule has 1 unspecified atom stereocenters. The molecule has 0 aliphatic carbocycles. The molecule has 3 aliphatic heterocycles. The van der Waals surface area contributed by atoms with Gasteiger partial charge in [-0.15, -0.1) is 11.8 Å². The molecule has 6 heteroatoms. The summed E-state index contributed by atoms with van der Waals surface area (Å²) >= 11 is 1.36. The quantitative estimate of drug-likeness (QED) is 0.694. The van der Waals surface area contributed by atoms with Crippen molar-refractivity contribution < 1.29 is 14.0 Å². The van der Waals surface area contributed by atoms with Crippen LogP contribution in [0.5, 0.6) is 0 Å². The Hall–Kier alpha value is -2.60. The summed E-state index contributed by atoms with van der Waals surface area (Å²) in [6.45, 7) is 8.22. The summed E-state index contributed by atoms with van der Waals surface area (Å²) in [6, 6.07) is 10.1. The Labute approximate surface area is 179 Å². The maximum absolute atomic E-state index is 14.1. The Kier molecular flexibility index (Phi) is 4.00. The molecule has 1 fully saturated rings. The van der Waals surface area contributed by atoms with Crippen molar-refractivity contribution in [2.75, 3.05) is 15.6 Å². The first-order valence-electron chi connectivity index (χ1n) is 10.1. The number of fused-ring (bicyclic) bond motifs is 1. The zero-order valence-corrected chi connectivity index (χ0v) is 18.3. The number of carbonyl (C=O) groups excluding carboxylic acids is 2. The molecule has 3 heterocycles. The van der Waals surface area contributed by atoms with Crippen LogP contribution in [0.2, 0.25) is 0 Å². The number of amides is 2. The largest absolute Gasteiger partial charge is 0.299 e. The molecule has 0 bridgehead atoms. The van der Waals surface area contributed by atoms with Crippen molar-refractivity contribution in [2.24, 2.45) is 0 Å². The maximum atomic E-state index is 14.1. The minimum absolute atomic E-state index is 0.110. The molecule has 1 saturated heterocycles. The van der Waals surface area contributed by atoms with E-state index in [1.165, 1.54) is 23.9 Å². The molecule has 0 N–H and O–H groups in total. The maximum Gasteiger partial charge on any atom is 0.269 e. The molecule has 3 aliphatic rings. The van der Waals surface area contributed by atoms with E-state index in [0.29, 0.717) is 5.69 Å². The van der Waals surface area contributed by atoms with E-state index in [9.17, 15) is 14.0 Å². The number of benzene rings is 2. The summed E-state index contributed by atoms with van der Waals surface area (Å²) in [5, 5.41) is 0. The Morgan fingerprint density at radius 2 is 1.80 bits per heavy atom. The molecule has 2 amide bonds. The van der Waals surface area contributed by atoms with Crippen LogP contribution in [-0.2, 0) is 20.9 Å². The third-order valence-electron chi connectivity index (χ3n) is 6.28. The van der Waals surface area contributed by atoms with Gasteiger partial charge in [-0.25, -0.2) is 4.39 Å². The third-order valence-corrected chi connectivity index (χ3v) is 7.67. The fourth-order valence-electron chi connectivity index (χ4n) is 5.03. The van der Waals surface area contributed by atoms with Crippen LogP contribution in [-0.4, -0.2) is 23.1 Å². The van der Waals surface area contributed by atoms with E-state index in [-0.39, 0.29) is 23.4 Å². The number of hydrogen-bond acceptors (Lipinski definition) is 3. The lowest BCUT2D eigenvalue weighted by atomic mass is 9.87. The van der Waals surface area contributed by atoms with Crippen molar-refractivity contribution in [2.45, 2.75) is 44.5 Å². The summed E-state index contributed by atoms with van der Waals surface area (Å²) < 4.78 is 13.6. The number of aryl methyl sites for hydroxylation is 1. The average molecular weight is 423 g/mol. The topological polar surface area (TPSA) is 40.6 Å². The fourth-order valence-corrected chi connectivity index (χ4v) is 6.35. The van der Waals surface area contributed by atoms with Gasteiger partial charge in [-0.1, -0.05) is 13.0 Å². The average Bonchev–Trinajstić information content (AvgIpc) is 3.17. The molecule has 0 aromatic heterocycles. The highest BCUT2D eigenvalue weighted by Crippen LogP contribution is 2.60. The first-order chi connectivity index (χ1) is 14.2. The lowest BCUT2D eigenvalue weighted by molar-refractivity contribution is -0.124. The Bertz CT molecular complexity index is 1140. The molecule has 154 valence electrons. The molecule has 1 atom stereocenters. The van der Waals surface area contributed by atoms with Crippen molar-refractivity contribution in [3.05, 3.63) is 65.0 Å². The van der Waals surface area contributed by atoms with Gasteiger partial charge in [0.2, 0.25) is 10.8 Å². The molecular weight excluding hydrogens is 399 g/mol. The molecule has 1 spiro atoms. The molecule has 2 aromatic rings. The van der Waals surface area contributed by atoms with Crippen molar-refractivity contribution in [3.63, 3.8) is 0 Å². The number of halogens is 1. The van der Waals surface area contributed by atoms with Gasteiger partial charge >= 0.3 is 0 Å². The van der Waals surface area contributed by atoms with Crippen LogP contribution in [0.1, 0.15) is 44.4 Å². The van der Waals surface area contributed by atoms with Crippen molar-refractivity contribution in [3.8, 4) is 0 Å². The normalized spacial score (nSPS) is 24.0. The Morgan fingerprint density at radius 3 is 2.47 bits per heavy atom. The number of allylic oxidation sites excluding steroid dienone is 1. The van der Waals surface area contributed by atoms with Crippen LogP contribution in [0.15, 0.2) is 42.5 Å². The molecule has 30 heavy (non-hydrogen) atoms. The van der Waals surface area contributed by atoms with E-state index in [2.05, 4.69) is 32.1 Å². The first-order valence-corrected chi connectivity index (χ1v) is 11.1. The van der Waals surface area contributed by atoms with Gasteiger partial charge < -0.3 is 0 Å². The van der Waals surface area contributed by atoms with Crippen LogP contribution >= 0.6 is 11.8 Å². The van der Waals surface area contributed by atoms with E-state index in [0.717, 1.165) is 34.4 Å².